The van der Waals surface area contributed by atoms with Gasteiger partial charge in [-0.15, -0.1) is 11.3 Å². The molecule has 0 unspecified atom stereocenters. The highest BCUT2D eigenvalue weighted by molar-refractivity contribution is 7.80. The molecule has 0 aliphatic carbocycles. The summed E-state index contributed by atoms with van der Waals surface area (Å²) in [5, 5.41) is 7.85. The summed E-state index contributed by atoms with van der Waals surface area (Å²) in [7, 11) is 0. The lowest BCUT2D eigenvalue weighted by Crippen LogP contribution is -2.23. The monoisotopic (exact) mass is 269 g/mol. The van der Waals surface area contributed by atoms with Crippen LogP contribution in [-0.2, 0) is 0 Å². The quantitative estimate of drug-likeness (QED) is 0.501. The Bertz CT molecular complexity index is 562. The highest BCUT2D eigenvalue weighted by Gasteiger charge is 2.02. The number of thiophene rings is 1. The Hall–Kier alpha value is -1.17. The highest BCUT2D eigenvalue weighted by Crippen LogP contribution is 2.27. The van der Waals surface area contributed by atoms with Crippen molar-refractivity contribution in [2.75, 3.05) is 0 Å². The normalized spacial score (nSPS) is 11.1. The van der Waals surface area contributed by atoms with Gasteiger partial charge in [-0.25, -0.2) is 0 Å². The Morgan fingerprint density at radius 3 is 3.12 bits per heavy atom. The molecule has 2 aromatic rings. The van der Waals surface area contributed by atoms with Crippen LogP contribution in [-0.4, -0.2) is 11.3 Å². The van der Waals surface area contributed by atoms with Gasteiger partial charge in [0, 0.05) is 26.1 Å². The number of nitrogens with zero attached hydrogens (tertiary/aromatic N) is 1. The zero-order valence-corrected chi connectivity index (χ0v) is 10.5. The molecule has 0 bridgehead atoms. The van der Waals surface area contributed by atoms with Crippen LogP contribution in [0.25, 0.3) is 10.1 Å². The number of halogens is 1. The first-order valence-electron chi connectivity index (χ1n) is 4.42. The Labute approximate surface area is 107 Å². The van der Waals surface area contributed by atoms with E-state index in [1.807, 2.05) is 23.6 Å². The van der Waals surface area contributed by atoms with Crippen molar-refractivity contribution in [3.8, 4) is 0 Å². The van der Waals surface area contributed by atoms with Crippen LogP contribution in [0.3, 0.4) is 0 Å². The van der Waals surface area contributed by atoms with Crippen LogP contribution < -0.4 is 11.2 Å². The Kier molecular flexibility index (Phi) is 3.38. The van der Waals surface area contributed by atoms with E-state index < -0.39 is 0 Å². The maximum absolute atomic E-state index is 5.94. The third kappa shape index (κ3) is 2.49. The smallest absolute Gasteiger partial charge is 0.184 e. The lowest BCUT2D eigenvalue weighted by molar-refractivity contribution is 1.04. The van der Waals surface area contributed by atoms with E-state index in [9.17, 15) is 0 Å². The molecule has 2 rings (SSSR count). The van der Waals surface area contributed by atoms with Crippen molar-refractivity contribution in [3.05, 3.63) is 34.2 Å². The number of nitrogens with one attached hydrogen (secondary N) is 1. The van der Waals surface area contributed by atoms with Crippen molar-refractivity contribution < 1.29 is 0 Å². The van der Waals surface area contributed by atoms with Crippen LogP contribution in [0.2, 0.25) is 5.02 Å². The number of thiocarbonyl (C=S) groups is 1. The second-order valence-electron chi connectivity index (χ2n) is 3.07. The van der Waals surface area contributed by atoms with Crippen molar-refractivity contribution in [1.82, 2.24) is 5.43 Å². The summed E-state index contributed by atoms with van der Waals surface area (Å²) in [6.07, 6.45) is 1.67. The number of hydrazone groups is 1. The van der Waals surface area contributed by atoms with E-state index in [2.05, 4.69) is 22.7 Å². The van der Waals surface area contributed by atoms with Gasteiger partial charge < -0.3 is 5.73 Å². The van der Waals surface area contributed by atoms with Crippen molar-refractivity contribution in [2.45, 2.75) is 0 Å². The maximum Gasteiger partial charge on any atom is 0.184 e. The van der Waals surface area contributed by atoms with Crippen LogP contribution in [0.1, 0.15) is 5.56 Å². The van der Waals surface area contributed by atoms with Crippen LogP contribution in [0.5, 0.6) is 0 Å². The SMILES string of the molecule is NC(=S)N/N=C/c1csc2ccc(Cl)cc12. The molecule has 0 fully saturated rings. The molecule has 3 N–H and O–H groups in total. The second-order valence-corrected chi connectivity index (χ2v) is 4.85. The molecule has 3 nitrogen and oxygen atoms in total. The molecule has 0 aliphatic heterocycles. The van der Waals surface area contributed by atoms with E-state index in [0.29, 0.717) is 5.02 Å². The number of rotatable bonds is 2. The topological polar surface area (TPSA) is 50.4 Å². The molecule has 1 heterocycles. The summed E-state index contributed by atoms with van der Waals surface area (Å²) in [5.74, 6) is 0. The first-order chi connectivity index (χ1) is 7.66. The van der Waals surface area contributed by atoms with E-state index in [-0.39, 0.29) is 5.11 Å². The van der Waals surface area contributed by atoms with Gasteiger partial charge in [-0.1, -0.05) is 11.6 Å². The predicted octanol–water partition coefficient (Wildman–Crippen LogP) is 2.72. The predicted molar refractivity (Wildman–Crippen MR) is 74.4 cm³/mol. The summed E-state index contributed by atoms with van der Waals surface area (Å²) in [6, 6.07) is 5.77. The minimum absolute atomic E-state index is 0.147. The minimum Gasteiger partial charge on any atom is -0.375 e. The molecule has 0 aliphatic rings. The summed E-state index contributed by atoms with van der Waals surface area (Å²) in [6.45, 7) is 0. The van der Waals surface area contributed by atoms with Gasteiger partial charge in [0.05, 0.1) is 6.21 Å². The number of hydrogen-bond acceptors (Lipinski definition) is 3. The third-order valence-corrected chi connectivity index (χ3v) is 3.25. The maximum atomic E-state index is 5.94. The molecular weight excluding hydrogens is 262 g/mol. The molecule has 0 radical (unpaired) electrons. The first-order valence-corrected chi connectivity index (χ1v) is 6.08. The second kappa shape index (κ2) is 4.78. The van der Waals surface area contributed by atoms with Crippen LogP contribution in [0, 0.1) is 0 Å². The zero-order valence-electron chi connectivity index (χ0n) is 8.11. The van der Waals surface area contributed by atoms with Gasteiger partial charge in [0.25, 0.3) is 0 Å². The van der Waals surface area contributed by atoms with Gasteiger partial charge in [0.1, 0.15) is 0 Å². The minimum atomic E-state index is 0.147. The first kappa shape index (κ1) is 11.3. The third-order valence-electron chi connectivity index (χ3n) is 1.94. The van der Waals surface area contributed by atoms with Crippen LogP contribution >= 0.6 is 35.2 Å². The molecular formula is C10H8ClN3S2. The molecule has 0 saturated heterocycles. The lowest BCUT2D eigenvalue weighted by Gasteiger charge is -1.95. The fraction of sp³-hybridized carbons (Fsp3) is 0. The lowest BCUT2D eigenvalue weighted by atomic mass is 10.2. The van der Waals surface area contributed by atoms with Crippen molar-refractivity contribution in [1.29, 1.82) is 0 Å². The molecule has 0 atom stereocenters. The zero-order chi connectivity index (χ0) is 11.5. The van der Waals surface area contributed by atoms with Gasteiger partial charge >= 0.3 is 0 Å². The van der Waals surface area contributed by atoms with Crippen LogP contribution in [0.15, 0.2) is 28.7 Å². The summed E-state index contributed by atoms with van der Waals surface area (Å²) >= 11 is 12.2. The molecule has 82 valence electrons. The number of hydrogen-bond donors (Lipinski definition) is 2. The van der Waals surface area contributed by atoms with E-state index in [1.165, 1.54) is 4.70 Å². The average Bonchev–Trinajstić information content (AvgIpc) is 2.60. The van der Waals surface area contributed by atoms with Gasteiger partial charge in [-0.3, -0.25) is 5.43 Å². The Balaban J connectivity index is 2.34. The number of nitrogens with two attached hydrogens (primary N) is 1. The molecule has 0 spiro atoms. The standard InChI is InChI=1S/C10H8ClN3S2/c11-7-1-2-9-8(3-7)6(5-16-9)4-13-14-10(12)15/h1-5H,(H3,12,14,15)/b13-4+. The molecule has 1 aromatic carbocycles. The Morgan fingerprint density at radius 2 is 2.38 bits per heavy atom. The highest BCUT2D eigenvalue weighted by atomic mass is 35.5. The van der Waals surface area contributed by atoms with Crippen molar-refractivity contribution >= 4 is 56.6 Å². The van der Waals surface area contributed by atoms with Crippen molar-refractivity contribution in [3.63, 3.8) is 0 Å². The number of benzene rings is 1. The summed E-state index contributed by atoms with van der Waals surface area (Å²) < 4.78 is 1.17. The van der Waals surface area contributed by atoms with Gasteiger partial charge in [-0.05, 0) is 30.4 Å². The summed E-state index contributed by atoms with van der Waals surface area (Å²) in [4.78, 5) is 0. The number of fused-ring (bicyclic) bond motifs is 1. The molecule has 1 aromatic heterocycles. The largest absolute Gasteiger partial charge is 0.375 e. The van der Waals surface area contributed by atoms with E-state index in [4.69, 9.17) is 17.3 Å². The molecule has 0 saturated carbocycles. The average molecular weight is 270 g/mol. The molecule has 6 heteroatoms. The Morgan fingerprint density at radius 1 is 1.56 bits per heavy atom. The molecule has 0 amide bonds. The summed E-state index contributed by atoms with van der Waals surface area (Å²) in [5.41, 5.74) is 8.76. The van der Waals surface area contributed by atoms with E-state index in [1.54, 1.807) is 17.6 Å². The van der Waals surface area contributed by atoms with Gasteiger partial charge in [0.15, 0.2) is 5.11 Å². The van der Waals surface area contributed by atoms with Crippen LogP contribution in [0.4, 0.5) is 0 Å². The van der Waals surface area contributed by atoms with E-state index >= 15 is 0 Å². The fourth-order valence-electron chi connectivity index (χ4n) is 1.29. The van der Waals surface area contributed by atoms with Gasteiger partial charge in [-0.2, -0.15) is 5.10 Å². The van der Waals surface area contributed by atoms with E-state index in [0.717, 1.165) is 10.9 Å². The molecule has 16 heavy (non-hydrogen) atoms. The van der Waals surface area contributed by atoms with Gasteiger partial charge in [0.2, 0.25) is 0 Å². The fourth-order valence-corrected chi connectivity index (χ4v) is 2.40. The van der Waals surface area contributed by atoms with Crippen molar-refractivity contribution in [2.24, 2.45) is 10.8 Å².